The number of carboxylic acids is 1. The van der Waals surface area contributed by atoms with Gasteiger partial charge in [-0.25, -0.2) is 4.98 Å². The first-order valence-electron chi connectivity index (χ1n) is 3.64. The minimum atomic E-state index is -1.52. The van der Waals surface area contributed by atoms with Crippen molar-refractivity contribution in [3.05, 3.63) is 18.0 Å². The van der Waals surface area contributed by atoms with E-state index in [-0.39, 0.29) is 24.8 Å². The molecule has 15 heavy (non-hydrogen) atoms. The molecule has 0 aliphatic rings. The van der Waals surface area contributed by atoms with Crippen molar-refractivity contribution < 1.29 is 37.6 Å². The molecule has 2 aromatic heterocycles. The molecule has 0 aliphatic carbocycles. The SMILES string of the molecule is Cc1nc(-c2nnc(C(=O)[O-])o2)co1.[Li+]. The minimum Gasteiger partial charge on any atom is -0.540 e. The van der Waals surface area contributed by atoms with Crippen LogP contribution in [0.2, 0.25) is 0 Å². The number of rotatable bonds is 2. The van der Waals surface area contributed by atoms with E-state index in [2.05, 4.69) is 15.2 Å². The van der Waals surface area contributed by atoms with Gasteiger partial charge in [0.15, 0.2) is 11.6 Å². The van der Waals surface area contributed by atoms with Gasteiger partial charge in [-0.3, -0.25) is 0 Å². The average molecular weight is 201 g/mol. The van der Waals surface area contributed by atoms with Crippen LogP contribution in [-0.4, -0.2) is 21.2 Å². The Labute approximate surface area is 95.7 Å². The predicted octanol–water partition coefficient (Wildman–Crippen LogP) is -3.60. The van der Waals surface area contributed by atoms with Gasteiger partial charge in [0, 0.05) is 6.92 Å². The smallest absolute Gasteiger partial charge is 0.540 e. The number of nitrogens with zero attached hydrogens (tertiary/aromatic N) is 3. The summed E-state index contributed by atoms with van der Waals surface area (Å²) >= 11 is 0. The van der Waals surface area contributed by atoms with Crippen LogP contribution < -0.4 is 24.0 Å². The van der Waals surface area contributed by atoms with E-state index in [0.717, 1.165) is 0 Å². The van der Waals surface area contributed by atoms with Crippen molar-refractivity contribution in [2.75, 3.05) is 0 Å². The molecule has 0 atom stereocenters. The molecule has 0 spiro atoms. The zero-order chi connectivity index (χ0) is 10.1. The molecular weight excluding hydrogens is 197 g/mol. The number of carboxylic acid groups (broad SMARTS) is 1. The molecule has 2 rings (SSSR count). The molecule has 7 nitrogen and oxygen atoms in total. The zero-order valence-electron chi connectivity index (χ0n) is 8.05. The van der Waals surface area contributed by atoms with Crippen LogP contribution in [0.15, 0.2) is 15.1 Å². The number of carbonyl (C=O) groups excluding carboxylic acids is 1. The molecule has 0 saturated heterocycles. The molecule has 2 heterocycles. The third-order valence-electron chi connectivity index (χ3n) is 1.44. The first-order chi connectivity index (χ1) is 6.66. The molecule has 8 heteroatoms. The minimum absolute atomic E-state index is 0. The second-order valence-corrected chi connectivity index (χ2v) is 2.45. The Morgan fingerprint density at radius 3 is 2.67 bits per heavy atom. The van der Waals surface area contributed by atoms with Gasteiger partial charge in [0.2, 0.25) is 0 Å². The van der Waals surface area contributed by atoms with Gasteiger partial charge in [0.05, 0.1) is 0 Å². The Morgan fingerprint density at radius 1 is 1.47 bits per heavy atom. The van der Waals surface area contributed by atoms with Crippen LogP contribution in [-0.2, 0) is 0 Å². The van der Waals surface area contributed by atoms with Crippen molar-refractivity contribution in [1.82, 2.24) is 15.2 Å². The maximum atomic E-state index is 10.3. The summed E-state index contributed by atoms with van der Waals surface area (Å²) in [5.41, 5.74) is 0.294. The molecule has 0 N–H and O–H groups in total. The summed E-state index contributed by atoms with van der Waals surface area (Å²) in [6, 6.07) is 0. The number of aromatic nitrogens is 3. The Morgan fingerprint density at radius 2 is 2.20 bits per heavy atom. The van der Waals surface area contributed by atoms with Gasteiger partial charge in [-0.15, -0.1) is 10.2 Å². The van der Waals surface area contributed by atoms with Gasteiger partial charge in [-0.1, -0.05) is 0 Å². The number of aryl methyl sites for hydroxylation is 1. The Hall–Kier alpha value is -1.58. The molecule has 0 aliphatic heterocycles. The summed E-state index contributed by atoms with van der Waals surface area (Å²) in [5, 5.41) is 17.0. The van der Waals surface area contributed by atoms with Gasteiger partial charge in [-0.2, -0.15) is 0 Å². The largest absolute Gasteiger partial charge is 1.00 e. The standard InChI is InChI=1S/C7H5N3O4.Li/c1-3-8-4(2-13-3)5-9-10-6(14-5)7(11)12;/h2H,1H3,(H,11,12);/q;+1/p-1. The van der Waals surface area contributed by atoms with Crippen LogP contribution in [0, 0.1) is 6.92 Å². The quantitative estimate of drug-likeness (QED) is 0.462. The summed E-state index contributed by atoms with van der Waals surface area (Å²) < 4.78 is 9.62. The first-order valence-corrected chi connectivity index (χ1v) is 3.64. The third kappa shape index (κ3) is 2.26. The van der Waals surface area contributed by atoms with E-state index >= 15 is 0 Å². The fourth-order valence-corrected chi connectivity index (χ4v) is 0.871. The summed E-state index contributed by atoms with van der Waals surface area (Å²) in [6.45, 7) is 1.64. The molecule has 2 aromatic rings. The molecule has 0 bridgehead atoms. The molecular formula is C7H4LiN3O4. The number of oxazole rings is 1. The van der Waals surface area contributed by atoms with Crippen molar-refractivity contribution >= 4 is 5.97 Å². The fourth-order valence-electron chi connectivity index (χ4n) is 0.871. The molecule has 0 aromatic carbocycles. The molecule has 0 unspecified atom stereocenters. The number of hydrogen-bond acceptors (Lipinski definition) is 7. The maximum Gasteiger partial charge on any atom is 1.00 e. The normalized spacial score (nSPS) is 9.67. The van der Waals surface area contributed by atoms with Crippen LogP contribution in [0.4, 0.5) is 0 Å². The van der Waals surface area contributed by atoms with Crippen molar-refractivity contribution in [3.8, 4) is 11.6 Å². The van der Waals surface area contributed by atoms with Gasteiger partial charge >= 0.3 is 18.9 Å². The number of hydrogen-bond donors (Lipinski definition) is 0. The fraction of sp³-hybridized carbons (Fsp3) is 0.143. The second-order valence-electron chi connectivity index (χ2n) is 2.45. The van der Waals surface area contributed by atoms with Crippen LogP contribution in [0.25, 0.3) is 11.6 Å². The summed E-state index contributed by atoms with van der Waals surface area (Å²) in [4.78, 5) is 14.2. The summed E-state index contributed by atoms with van der Waals surface area (Å²) in [5.74, 6) is -1.70. The van der Waals surface area contributed by atoms with E-state index in [1.54, 1.807) is 6.92 Å². The van der Waals surface area contributed by atoms with Gasteiger partial charge < -0.3 is 18.7 Å². The zero-order valence-corrected chi connectivity index (χ0v) is 8.05. The van der Waals surface area contributed by atoms with Crippen molar-refractivity contribution in [2.24, 2.45) is 0 Å². The maximum absolute atomic E-state index is 10.3. The van der Waals surface area contributed by atoms with E-state index in [0.29, 0.717) is 11.6 Å². The van der Waals surface area contributed by atoms with Crippen molar-refractivity contribution in [1.29, 1.82) is 0 Å². The predicted molar refractivity (Wildman–Crippen MR) is 38.9 cm³/mol. The van der Waals surface area contributed by atoms with Crippen LogP contribution >= 0.6 is 0 Å². The van der Waals surface area contributed by atoms with Crippen molar-refractivity contribution in [3.63, 3.8) is 0 Å². The Balaban J connectivity index is 0.00000112. The van der Waals surface area contributed by atoms with Crippen molar-refractivity contribution in [2.45, 2.75) is 6.92 Å². The molecule has 0 saturated carbocycles. The van der Waals surface area contributed by atoms with E-state index in [4.69, 9.17) is 8.83 Å². The Kier molecular flexibility index (Phi) is 3.29. The number of carbonyl (C=O) groups is 1. The van der Waals surface area contributed by atoms with Gasteiger partial charge in [0.25, 0.3) is 11.8 Å². The number of aromatic carboxylic acids is 1. The van der Waals surface area contributed by atoms with E-state index in [1.807, 2.05) is 0 Å². The van der Waals surface area contributed by atoms with Crippen LogP contribution in [0.1, 0.15) is 16.6 Å². The first kappa shape index (κ1) is 11.5. The van der Waals surface area contributed by atoms with E-state index < -0.39 is 11.9 Å². The topological polar surface area (TPSA) is 105 Å². The molecule has 0 amide bonds. The average Bonchev–Trinajstić information content (AvgIpc) is 2.70. The Bertz CT molecular complexity index is 478. The van der Waals surface area contributed by atoms with Gasteiger partial charge in [0.1, 0.15) is 12.2 Å². The molecule has 72 valence electrons. The van der Waals surface area contributed by atoms with E-state index in [1.165, 1.54) is 6.26 Å². The second kappa shape index (κ2) is 4.29. The van der Waals surface area contributed by atoms with Gasteiger partial charge in [-0.05, 0) is 0 Å². The summed E-state index contributed by atoms with van der Waals surface area (Å²) in [7, 11) is 0. The van der Waals surface area contributed by atoms with Crippen LogP contribution in [0.5, 0.6) is 0 Å². The summed E-state index contributed by atoms with van der Waals surface area (Å²) in [6.07, 6.45) is 1.29. The molecule has 0 fully saturated rings. The van der Waals surface area contributed by atoms with E-state index in [9.17, 15) is 9.90 Å². The van der Waals surface area contributed by atoms with Crippen LogP contribution in [0.3, 0.4) is 0 Å². The molecule has 0 radical (unpaired) electrons. The monoisotopic (exact) mass is 201 g/mol. The third-order valence-corrected chi connectivity index (χ3v) is 1.44.